The summed E-state index contributed by atoms with van der Waals surface area (Å²) in [5.74, 6) is 1.82. The number of aromatic nitrogens is 2. The third kappa shape index (κ3) is 4.77. The number of hydrogen-bond donors (Lipinski definition) is 2. The Morgan fingerprint density at radius 3 is 2.82 bits per heavy atom. The molecule has 2 N–H and O–H groups in total. The minimum absolute atomic E-state index is 0.215. The molecule has 6 rings (SSSR count). The molecule has 4 fully saturated rings. The zero-order chi connectivity index (χ0) is 22.8. The molecule has 2 aromatic rings. The summed E-state index contributed by atoms with van der Waals surface area (Å²) in [6.07, 6.45) is 8.94. The predicted octanol–water partition coefficient (Wildman–Crippen LogP) is 4.34. The monoisotopic (exact) mass is 446 g/mol. The molecule has 4 heterocycles. The van der Waals surface area contributed by atoms with E-state index in [9.17, 15) is 4.79 Å². The van der Waals surface area contributed by atoms with Crippen LogP contribution in [0, 0.1) is 17.2 Å². The van der Waals surface area contributed by atoms with Gasteiger partial charge in [0.2, 0.25) is 0 Å². The normalized spacial score (nSPS) is 27.2. The van der Waals surface area contributed by atoms with E-state index >= 15 is 0 Å². The Kier molecular flexibility index (Phi) is 6.37. The van der Waals surface area contributed by atoms with Crippen LogP contribution in [0.3, 0.4) is 0 Å². The van der Waals surface area contributed by atoms with Gasteiger partial charge in [-0.15, -0.1) is 0 Å². The van der Waals surface area contributed by atoms with Crippen molar-refractivity contribution in [1.82, 2.24) is 20.0 Å². The number of fused-ring (bicyclic) bond motifs is 3. The van der Waals surface area contributed by atoms with Gasteiger partial charge < -0.3 is 10.6 Å². The molecule has 7 heteroatoms. The summed E-state index contributed by atoms with van der Waals surface area (Å²) in [6.45, 7) is 2.80. The van der Waals surface area contributed by atoms with E-state index in [1.165, 1.54) is 49.9 Å². The number of amides is 2. The number of hydrogen-bond acceptors (Lipinski definition) is 4. The Morgan fingerprint density at radius 2 is 2.06 bits per heavy atom. The third-order valence-electron chi connectivity index (χ3n) is 7.96. The molecule has 1 aromatic carbocycles. The van der Waals surface area contributed by atoms with Gasteiger partial charge in [-0.05, 0) is 62.4 Å². The Hall–Kier alpha value is -2.85. The Morgan fingerprint density at radius 1 is 1.21 bits per heavy atom. The number of nitrogens with one attached hydrogen (secondary N) is 2. The Labute approximate surface area is 196 Å². The van der Waals surface area contributed by atoms with Crippen LogP contribution >= 0.6 is 0 Å². The molecule has 3 saturated heterocycles. The number of urea groups is 1. The summed E-state index contributed by atoms with van der Waals surface area (Å²) in [7, 11) is 2.12. The topological polar surface area (TPSA) is 86.0 Å². The van der Waals surface area contributed by atoms with Crippen molar-refractivity contribution in [2.24, 2.45) is 13.0 Å². The molecule has 1 aromatic heterocycles. The number of nitriles is 1. The molecule has 4 atom stereocenters. The average molecular weight is 447 g/mol. The summed E-state index contributed by atoms with van der Waals surface area (Å²) >= 11 is 0. The summed E-state index contributed by atoms with van der Waals surface area (Å²) in [5.41, 5.74) is 3.88. The number of nitrogens with zero attached hydrogens (tertiary/aromatic N) is 4. The maximum absolute atomic E-state index is 12.4. The lowest BCUT2D eigenvalue weighted by atomic mass is 9.74. The van der Waals surface area contributed by atoms with Crippen molar-refractivity contribution in [2.75, 3.05) is 25.0 Å². The fourth-order valence-electron chi connectivity index (χ4n) is 6.19. The molecular weight excluding hydrogens is 412 g/mol. The second-order valence-electron chi connectivity index (χ2n) is 10.0. The Bertz CT molecular complexity index is 1030. The highest BCUT2D eigenvalue weighted by molar-refractivity contribution is 5.89. The fourth-order valence-corrected chi connectivity index (χ4v) is 6.19. The van der Waals surface area contributed by atoms with Crippen molar-refractivity contribution in [3.8, 4) is 6.07 Å². The molecule has 2 bridgehead atoms. The maximum Gasteiger partial charge on any atom is 0.319 e. The van der Waals surface area contributed by atoms with Crippen molar-refractivity contribution in [3.63, 3.8) is 0 Å². The van der Waals surface area contributed by atoms with E-state index in [-0.39, 0.29) is 6.03 Å². The van der Waals surface area contributed by atoms with Gasteiger partial charge in [-0.1, -0.05) is 25.3 Å². The van der Waals surface area contributed by atoms with Crippen molar-refractivity contribution in [2.45, 2.75) is 62.8 Å². The minimum atomic E-state index is -0.215. The van der Waals surface area contributed by atoms with E-state index in [2.05, 4.69) is 39.4 Å². The highest BCUT2D eigenvalue weighted by Crippen LogP contribution is 2.42. The first-order valence-corrected chi connectivity index (χ1v) is 12.4. The number of carbonyl (C=O) groups is 1. The van der Waals surface area contributed by atoms with Gasteiger partial charge in [0.1, 0.15) is 0 Å². The average Bonchev–Trinajstić information content (AvgIpc) is 3.25. The first kappa shape index (κ1) is 22.0. The van der Waals surface area contributed by atoms with E-state index in [1.807, 2.05) is 0 Å². The van der Waals surface area contributed by atoms with Crippen LogP contribution < -0.4 is 10.6 Å². The highest BCUT2D eigenvalue weighted by atomic mass is 16.2. The zero-order valence-corrected chi connectivity index (χ0v) is 19.5. The summed E-state index contributed by atoms with van der Waals surface area (Å²) in [6, 6.07) is 11.7. The molecule has 4 unspecified atom stereocenters. The molecular formula is C26H34N6O. The van der Waals surface area contributed by atoms with Crippen LogP contribution in [-0.4, -0.2) is 46.4 Å². The number of piperidine rings is 3. The molecule has 1 saturated carbocycles. The summed E-state index contributed by atoms with van der Waals surface area (Å²) in [5, 5.41) is 19.9. The number of aryl methyl sites for hydroxylation is 1. The molecule has 174 valence electrons. The quantitative estimate of drug-likeness (QED) is 0.715. The maximum atomic E-state index is 12.4. The van der Waals surface area contributed by atoms with Crippen molar-refractivity contribution in [1.29, 1.82) is 5.26 Å². The SMILES string of the molecule is Cn1nc(C2CCCCC2)cc1C1CN2CCC1CC2CNC(=O)Nc1cccc(C#N)c1. The van der Waals surface area contributed by atoms with E-state index in [1.54, 1.807) is 24.3 Å². The number of rotatable bonds is 5. The zero-order valence-electron chi connectivity index (χ0n) is 19.5. The van der Waals surface area contributed by atoms with E-state index < -0.39 is 0 Å². The Balaban J connectivity index is 1.17. The van der Waals surface area contributed by atoms with Gasteiger partial charge in [0.25, 0.3) is 0 Å². The largest absolute Gasteiger partial charge is 0.336 e. The van der Waals surface area contributed by atoms with Crippen LogP contribution in [0.25, 0.3) is 0 Å². The van der Waals surface area contributed by atoms with Gasteiger partial charge in [-0.25, -0.2) is 4.79 Å². The first-order chi connectivity index (χ1) is 16.1. The lowest BCUT2D eigenvalue weighted by molar-refractivity contribution is 0.0296. The molecule has 4 aliphatic rings. The molecule has 7 nitrogen and oxygen atoms in total. The second kappa shape index (κ2) is 9.56. The van der Waals surface area contributed by atoms with E-state index in [0.717, 1.165) is 19.5 Å². The molecule has 33 heavy (non-hydrogen) atoms. The standard InChI is InChI=1S/C26H34N6O/c1-31-25(14-24(30-31)19-7-3-2-4-8-19)23-17-32-11-10-20(23)13-22(32)16-28-26(33)29-21-9-5-6-18(12-21)15-27/h5-6,9,12,14,19-20,22-23H,2-4,7-8,10-11,13,16-17H2,1H3,(H2,28,29,33). The van der Waals surface area contributed by atoms with Gasteiger partial charge >= 0.3 is 6.03 Å². The molecule has 3 aliphatic heterocycles. The van der Waals surface area contributed by atoms with Crippen LogP contribution in [0.15, 0.2) is 30.3 Å². The van der Waals surface area contributed by atoms with Gasteiger partial charge in [-0.2, -0.15) is 10.4 Å². The smallest absolute Gasteiger partial charge is 0.319 e. The summed E-state index contributed by atoms with van der Waals surface area (Å²) < 4.78 is 2.15. The van der Waals surface area contributed by atoms with Crippen molar-refractivity contribution < 1.29 is 4.79 Å². The number of benzene rings is 1. The van der Waals surface area contributed by atoms with Crippen molar-refractivity contribution >= 4 is 11.7 Å². The predicted molar refractivity (Wildman–Crippen MR) is 128 cm³/mol. The van der Waals surface area contributed by atoms with Gasteiger partial charge in [0, 0.05) is 49.4 Å². The van der Waals surface area contributed by atoms with Crippen molar-refractivity contribution in [3.05, 3.63) is 47.3 Å². The highest BCUT2D eigenvalue weighted by Gasteiger charge is 2.42. The van der Waals surface area contributed by atoms with Crippen LogP contribution in [-0.2, 0) is 7.05 Å². The lowest BCUT2D eigenvalue weighted by Crippen LogP contribution is -2.56. The molecule has 1 aliphatic carbocycles. The molecule has 0 spiro atoms. The van der Waals surface area contributed by atoms with Gasteiger partial charge in [0.05, 0.1) is 17.3 Å². The third-order valence-corrected chi connectivity index (χ3v) is 7.96. The first-order valence-electron chi connectivity index (χ1n) is 12.4. The van der Waals surface area contributed by atoms with E-state index in [4.69, 9.17) is 10.4 Å². The van der Waals surface area contributed by atoms with E-state index in [0.29, 0.717) is 41.6 Å². The lowest BCUT2D eigenvalue weighted by Gasteiger charge is -2.49. The molecule has 0 radical (unpaired) electrons. The fraction of sp³-hybridized carbons (Fsp3) is 0.577. The summed E-state index contributed by atoms with van der Waals surface area (Å²) in [4.78, 5) is 15.0. The molecule has 2 amide bonds. The van der Waals surface area contributed by atoms with Crippen LogP contribution in [0.5, 0.6) is 0 Å². The van der Waals surface area contributed by atoms with Crippen LogP contribution in [0.4, 0.5) is 10.5 Å². The second-order valence-corrected chi connectivity index (χ2v) is 10.0. The van der Waals surface area contributed by atoms with Crippen LogP contribution in [0.1, 0.15) is 73.7 Å². The van der Waals surface area contributed by atoms with Gasteiger partial charge in [-0.3, -0.25) is 9.58 Å². The van der Waals surface area contributed by atoms with Crippen LogP contribution in [0.2, 0.25) is 0 Å². The number of anilines is 1. The van der Waals surface area contributed by atoms with Gasteiger partial charge in [0.15, 0.2) is 0 Å². The number of carbonyl (C=O) groups excluding carboxylic acids is 1. The minimum Gasteiger partial charge on any atom is -0.336 e.